The van der Waals surface area contributed by atoms with E-state index in [1.165, 1.54) is 10.6 Å². The van der Waals surface area contributed by atoms with Crippen LogP contribution in [0.5, 0.6) is 5.75 Å². The van der Waals surface area contributed by atoms with Crippen LogP contribution in [-0.4, -0.2) is 9.67 Å². The fourth-order valence-corrected chi connectivity index (χ4v) is 1.07. The molecule has 1 rings (SSSR count). The van der Waals surface area contributed by atoms with Gasteiger partial charge in [-0.3, -0.25) is 4.79 Å². The quantitative estimate of drug-likeness (QED) is 0.665. The molecule has 0 saturated carbocycles. The van der Waals surface area contributed by atoms with Crippen molar-refractivity contribution in [2.75, 3.05) is 0 Å². The molecule has 0 aliphatic carbocycles. The Balaban J connectivity index is 3.28. The minimum atomic E-state index is -0.201. The van der Waals surface area contributed by atoms with Gasteiger partial charge in [0.05, 0.1) is 0 Å². The largest absolute Gasteiger partial charge is 0.508 e. The van der Waals surface area contributed by atoms with Gasteiger partial charge >= 0.3 is 0 Å². The van der Waals surface area contributed by atoms with Crippen LogP contribution in [0.1, 0.15) is 5.69 Å². The standard InChI is InChI=1S/C9H11NO2/c1-3-4-10-7(2)5-8(11)6-9(10)12/h3,5-6,11H,1,4H2,2H3. The van der Waals surface area contributed by atoms with Gasteiger partial charge in [0.1, 0.15) is 5.75 Å². The fraction of sp³-hybridized carbons (Fsp3) is 0.222. The molecule has 1 heterocycles. The summed E-state index contributed by atoms with van der Waals surface area (Å²) in [5.74, 6) is 0.0119. The number of aryl methyl sites for hydroxylation is 1. The van der Waals surface area contributed by atoms with Crippen molar-refractivity contribution in [2.45, 2.75) is 13.5 Å². The summed E-state index contributed by atoms with van der Waals surface area (Å²) >= 11 is 0. The Bertz CT molecular complexity index is 352. The third-order valence-electron chi connectivity index (χ3n) is 1.63. The van der Waals surface area contributed by atoms with Gasteiger partial charge in [0, 0.05) is 18.3 Å². The molecule has 3 heteroatoms. The Morgan fingerprint density at radius 3 is 2.83 bits per heavy atom. The number of hydrogen-bond donors (Lipinski definition) is 1. The van der Waals surface area contributed by atoms with Gasteiger partial charge in [-0.05, 0) is 13.0 Å². The second-order valence-corrected chi connectivity index (χ2v) is 2.59. The highest BCUT2D eigenvalue weighted by molar-refractivity contribution is 5.21. The van der Waals surface area contributed by atoms with Crippen molar-refractivity contribution in [1.82, 2.24) is 4.57 Å². The molecule has 0 radical (unpaired) electrons. The van der Waals surface area contributed by atoms with Crippen molar-refractivity contribution in [2.24, 2.45) is 0 Å². The van der Waals surface area contributed by atoms with Crippen molar-refractivity contribution in [1.29, 1.82) is 0 Å². The third kappa shape index (κ3) is 1.56. The first-order chi connectivity index (χ1) is 5.65. The minimum absolute atomic E-state index is 0.0119. The molecule has 64 valence electrons. The van der Waals surface area contributed by atoms with Crippen molar-refractivity contribution in [3.63, 3.8) is 0 Å². The summed E-state index contributed by atoms with van der Waals surface area (Å²) in [5, 5.41) is 9.05. The normalized spacial score (nSPS) is 9.75. The van der Waals surface area contributed by atoms with Crippen molar-refractivity contribution in [3.8, 4) is 5.75 Å². The van der Waals surface area contributed by atoms with Crippen molar-refractivity contribution in [3.05, 3.63) is 40.8 Å². The molecule has 0 bridgehead atoms. The molecule has 0 spiro atoms. The first-order valence-electron chi connectivity index (χ1n) is 3.66. The summed E-state index contributed by atoms with van der Waals surface area (Å²) in [6.07, 6.45) is 1.64. The number of hydrogen-bond acceptors (Lipinski definition) is 2. The molecule has 0 amide bonds. The van der Waals surface area contributed by atoms with Gasteiger partial charge in [0.15, 0.2) is 0 Å². The van der Waals surface area contributed by atoms with Crippen LogP contribution in [0.25, 0.3) is 0 Å². The Labute approximate surface area is 70.6 Å². The van der Waals surface area contributed by atoms with Gasteiger partial charge in [-0.2, -0.15) is 0 Å². The second kappa shape index (κ2) is 3.26. The molecular formula is C9H11NO2. The Morgan fingerprint density at radius 1 is 1.67 bits per heavy atom. The fourth-order valence-electron chi connectivity index (χ4n) is 1.07. The zero-order valence-corrected chi connectivity index (χ0v) is 6.95. The van der Waals surface area contributed by atoms with Gasteiger partial charge in [-0.1, -0.05) is 6.08 Å². The third-order valence-corrected chi connectivity index (χ3v) is 1.63. The number of nitrogens with zero attached hydrogens (tertiary/aromatic N) is 1. The number of aromatic hydroxyl groups is 1. The molecule has 0 aromatic carbocycles. The predicted octanol–water partition coefficient (Wildman–Crippen LogP) is 1.05. The number of pyridine rings is 1. The van der Waals surface area contributed by atoms with Crippen LogP contribution < -0.4 is 5.56 Å². The van der Waals surface area contributed by atoms with E-state index < -0.39 is 0 Å². The van der Waals surface area contributed by atoms with E-state index in [4.69, 9.17) is 5.11 Å². The smallest absolute Gasteiger partial charge is 0.254 e. The first kappa shape index (κ1) is 8.59. The molecule has 0 atom stereocenters. The highest BCUT2D eigenvalue weighted by Gasteiger charge is 1.99. The maximum absolute atomic E-state index is 11.2. The van der Waals surface area contributed by atoms with E-state index in [9.17, 15) is 4.79 Å². The van der Waals surface area contributed by atoms with Gasteiger partial charge in [-0.15, -0.1) is 6.58 Å². The summed E-state index contributed by atoms with van der Waals surface area (Å²) < 4.78 is 1.53. The summed E-state index contributed by atoms with van der Waals surface area (Å²) in [5.41, 5.74) is 0.535. The highest BCUT2D eigenvalue weighted by atomic mass is 16.3. The Morgan fingerprint density at radius 2 is 2.33 bits per heavy atom. The second-order valence-electron chi connectivity index (χ2n) is 2.59. The summed E-state index contributed by atoms with van der Waals surface area (Å²) in [4.78, 5) is 11.2. The molecular weight excluding hydrogens is 154 g/mol. The molecule has 0 unspecified atom stereocenters. The van der Waals surface area contributed by atoms with E-state index >= 15 is 0 Å². The average molecular weight is 165 g/mol. The molecule has 3 nitrogen and oxygen atoms in total. The van der Waals surface area contributed by atoms with Crippen LogP contribution in [0, 0.1) is 6.92 Å². The molecule has 0 saturated heterocycles. The van der Waals surface area contributed by atoms with Crippen LogP contribution in [0.15, 0.2) is 29.6 Å². The van der Waals surface area contributed by atoms with Gasteiger partial charge in [0.25, 0.3) is 5.56 Å². The monoisotopic (exact) mass is 165 g/mol. The van der Waals surface area contributed by atoms with Crippen LogP contribution >= 0.6 is 0 Å². The summed E-state index contributed by atoms with van der Waals surface area (Å²) in [7, 11) is 0. The lowest BCUT2D eigenvalue weighted by Gasteiger charge is -2.06. The van der Waals surface area contributed by atoms with Gasteiger partial charge < -0.3 is 9.67 Å². The molecule has 1 aromatic heterocycles. The van der Waals surface area contributed by atoms with E-state index in [1.54, 1.807) is 19.1 Å². The molecule has 0 aliphatic rings. The van der Waals surface area contributed by atoms with E-state index in [1.807, 2.05) is 0 Å². The lowest BCUT2D eigenvalue weighted by atomic mass is 10.3. The maximum Gasteiger partial charge on any atom is 0.254 e. The number of aromatic nitrogens is 1. The molecule has 0 aliphatic heterocycles. The average Bonchev–Trinajstić information content (AvgIpc) is 1.96. The van der Waals surface area contributed by atoms with Crippen molar-refractivity contribution < 1.29 is 5.11 Å². The zero-order valence-electron chi connectivity index (χ0n) is 6.95. The van der Waals surface area contributed by atoms with Crippen molar-refractivity contribution >= 4 is 0 Å². The predicted molar refractivity (Wildman–Crippen MR) is 47.3 cm³/mol. The number of rotatable bonds is 2. The lowest BCUT2D eigenvalue weighted by Crippen LogP contribution is -2.20. The first-order valence-corrected chi connectivity index (χ1v) is 3.66. The van der Waals surface area contributed by atoms with E-state index in [2.05, 4.69) is 6.58 Å². The molecule has 1 aromatic rings. The maximum atomic E-state index is 11.2. The Kier molecular flexibility index (Phi) is 2.33. The van der Waals surface area contributed by atoms with Crippen LogP contribution in [0.3, 0.4) is 0 Å². The van der Waals surface area contributed by atoms with Crippen LogP contribution in [0.4, 0.5) is 0 Å². The summed E-state index contributed by atoms with van der Waals surface area (Å²) in [6, 6.07) is 2.74. The molecule has 0 fully saturated rings. The zero-order chi connectivity index (χ0) is 9.14. The minimum Gasteiger partial charge on any atom is -0.508 e. The topological polar surface area (TPSA) is 42.2 Å². The lowest BCUT2D eigenvalue weighted by molar-refractivity contribution is 0.470. The van der Waals surface area contributed by atoms with Gasteiger partial charge in [0.2, 0.25) is 0 Å². The van der Waals surface area contributed by atoms with E-state index in [-0.39, 0.29) is 11.3 Å². The van der Waals surface area contributed by atoms with Crippen LogP contribution in [-0.2, 0) is 6.54 Å². The number of allylic oxidation sites excluding steroid dienone is 1. The van der Waals surface area contributed by atoms with E-state index in [0.717, 1.165) is 5.69 Å². The summed E-state index contributed by atoms with van der Waals surface area (Å²) in [6.45, 7) is 5.78. The van der Waals surface area contributed by atoms with Crippen LogP contribution in [0.2, 0.25) is 0 Å². The van der Waals surface area contributed by atoms with Gasteiger partial charge in [-0.25, -0.2) is 0 Å². The SMILES string of the molecule is C=CCn1c(C)cc(O)cc1=O. The molecule has 1 N–H and O–H groups in total. The Hall–Kier alpha value is -1.51. The van der Waals surface area contributed by atoms with E-state index in [0.29, 0.717) is 6.54 Å². The highest BCUT2D eigenvalue weighted by Crippen LogP contribution is 2.06. The molecule has 12 heavy (non-hydrogen) atoms.